The number of thiazole rings is 1. The summed E-state index contributed by atoms with van der Waals surface area (Å²) in [7, 11) is 0. The summed E-state index contributed by atoms with van der Waals surface area (Å²) in [5.74, 6) is -0.296. The third kappa shape index (κ3) is 3.04. The number of nitrogens with zero attached hydrogens (tertiary/aromatic N) is 4. The number of carbonyl (C=O) groups excluding carboxylic acids is 3. The molecule has 0 bridgehead atoms. The molecule has 0 radical (unpaired) electrons. The first-order chi connectivity index (χ1) is 14.6. The van der Waals surface area contributed by atoms with Gasteiger partial charge in [-0.15, -0.1) is 11.3 Å². The smallest absolute Gasteiger partial charge is 0.322 e. The third-order valence-corrected chi connectivity index (χ3v) is 6.31. The Morgan fingerprint density at radius 2 is 2.00 bits per heavy atom. The number of aromatic nitrogens is 3. The number of imidazole rings is 1. The van der Waals surface area contributed by atoms with Crippen LogP contribution in [0.15, 0.2) is 35.2 Å². The summed E-state index contributed by atoms with van der Waals surface area (Å²) in [6.45, 7) is -0.0998. The van der Waals surface area contributed by atoms with E-state index in [2.05, 4.69) is 20.7 Å². The van der Waals surface area contributed by atoms with Crippen LogP contribution < -0.4 is 10.7 Å². The molecule has 3 heterocycles. The minimum atomic E-state index is -0.879. The van der Waals surface area contributed by atoms with Gasteiger partial charge >= 0.3 is 6.03 Å². The van der Waals surface area contributed by atoms with Gasteiger partial charge in [-0.05, 0) is 25.0 Å². The van der Waals surface area contributed by atoms with E-state index in [0.717, 1.165) is 35.3 Å². The number of hydrazine groups is 1. The fourth-order valence-electron chi connectivity index (χ4n) is 4.27. The van der Waals surface area contributed by atoms with Crippen LogP contribution in [0.3, 0.4) is 0 Å². The molecule has 1 aliphatic carbocycles. The predicted molar refractivity (Wildman–Crippen MR) is 110 cm³/mol. The highest BCUT2D eigenvalue weighted by molar-refractivity contribution is 7.07. The topological polar surface area (TPSA) is 109 Å². The van der Waals surface area contributed by atoms with Crippen molar-refractivity contribution in [2.24, 2.45) is 0 Å². The molecule has 1 spiro atoms. The summed E-state index contributed by atoms with van der Waals surface area (Å²) in [5.41, 5.74) is 5.50. The van der Waals surface area contributed by atoms with Crippen molar-refractivity contribution in [1.82, 2.24) is 30.3 Å². The second-order valence-corrected chi connectivity index (χ2v) is 8.35. The summed E-state index contributed by atoms with van der Waals surface area (Å²) in [6.07, 6.45) is 4.01. The number of urea groups is 1. The number of nitrogens with one attached hydrogen (secondary N) is 2. The second kappa shape index (κ2) is 7.21. The molecule has 1 saturated heterocycles. The molecular weight excluding hydrogens is 404 g/mol. The van der Waals surface area contributed by atoms with E-state index in [1.54, 1.807) is 10.1 Å². The highest BCUT2D eigenvalue weighted by atomic mass is 32.1. The number of hydrogen-bond donors (Lipinski definition) is 2. The largest absolute Gasteiger partial charge is 0.344 e. The molecule has 1 aromatic carbocycles. The van der Waals surface area contributed by atoms with Crippen LogP contribution >= 0.6 is 11.3 Å². The number of imide groups is 1. The number of carbonyl (C=O) groups is 3. The number of amides is 4. The first-order valence-corrected chi connectivity index (χ1v) is 10.8. The Labute approximate surface area is 176 Å². The van der Waals surface area contributed by atoms with Crippen molar-refractivity contribution in [2.75, 3.05) is 0 Å². The molecule has 10 heteroatoms. The molecule has 9 nitrogen and oxygen atoms in total. The van der Waals surface area contributed by atoms with Gasteiger partial charge in [-0.2, -0.15) is 5.01 Å². The Balaban J connectivity index is 1.40. The normalized spacial score (nSPS) is 18.2. The minimum absolute atomic E-state index is 0.0998. The molecule has 5 rings (SSSR count). The van der Waals surface area contributed by atoms with E-state index in [-0.39, 0.29) is 12.5 Å². The molecule has 4 amide bonds. The average molecular weight is 424 g/mol. The summed E-state index contributed by atoms with van der Waals surface area (Å²) >= 11 is 1.44. The van der Waals surface area contributed by atoms with Crippen LogP contribution in [0, 0.1) is 0 Å². The van der Waals surface area contributed by atoms with Crippen molar-refractivity contribution in [2.45, 2.75) is 44.2 Å². The fraction of sp³-hybridized carbons (Fsp3) is 0.350. The zero-order valence-corrected chi connectivity index (χ0v) is 16.9. The van der Waals surface area contributed by atoms with Gasteiger partial charge in [0.05, 0.1) is 16.5 Å². The van der Waals surface area contributed by atoms with Crippen molar-refractivity contribution in [3.63, 3.8) is 0 Å². The minimum Gasteiger partial charge on any atom is -0.322 e. The lowest BCUT2D eigenvalue weighted by Crippen LogP contribution is -2.51. The maximum atomic E-state index is 12.9. The molecule has 2 aliphatic rings. The highest BCUT2D eigenvalue weighted by Gasteiger charge is 2.52. The predicted octanol–water partition coefficient (Wildman–Crippen LogP) is 2.45. The lowest BCUT2D eigenvalue weighted by molar-refractivity contribution is -0.140. The number of fused-ring (bicyclic) bond motifs is 1. The van der Waals surface area contributed by atoms with Gasteiger partial charge in [-0.3, -0.25) is 15.0 Å². The molecule has 0 atom stereocenters. The Morgan fingerprint density at radius 1 is 1.20 bits per heavy atom. The van der Waals surface area contributed by atoms with E-state index in [1.807, 2.05) is 29.6 Å². The first-order valence-electron chi connectivity index (χ1n) is 9.87. The van der Waals surface area contributed by atoms with Gasteiger partial charge in [0.25, 0.3) is 11.8 Å². The van der Waals surface area contributed by atoms with Gasteiger partial charge in [-0.25, -0.2) is 14.8 Å². The number of para-hydroxylation sites is 2. The molecule has 3 aromatic rings. The summed E-state index contributed by atoms with van der Waals surface area (Å²) in [5, 5.41) is 5.48. The molecule has 30 heavy (non-hydrogen) atoms. The van der Waals surface area contributed by atoms with E-state index in [1.165, 1.54) is 11.3 Å². The van der Waals surface area contributed by atoms with Crippen LogP contribution in [0.25, 0.3) is 22.6 Å². The van der Waals surface area contributed by atoms with Crippen molar-refractivity contribution in [3.8, 4) is 11.5 Å². The SMILES string of the molecule is O=C(Cn1c(-c2cscn2)nc2ccccc21)NN1C(=O)NC2(CCCCC2)C1=O. The quantitative estimate of drug-likeness (QED) is 0.625. The van der Waals surface area contributed by atoms with Gasteiger partial charge in [-0.1, -0.05) is 31.4 Å². The maximum Gasteiger partial charge on any atom is 0.344 e. The van der Waals surface area contributed by atoms with Crippen LogP contribution in [0.5, 0.6) is 0 Å². The number of hydrogen-bond acceptors (Lipinski definition) is 6. The fourth-order valence-corrected chi connectivity index (χ4v) is 4.80. The standard InChI is InChI=1S/C20H20N6O3S/c27-16(24-26-18(28)20(23-19(26)29)8-4-1-5-9-20)10-25-15-7-3-2-6-13(15)22-17(25)14-11-30-12-21-14/h2-3,6-7,11-12H,1,4-5,8-10H2,(H,23,29)(H,24,27). The van der Waals surface area contributed by atoms with Crippen molar-refractivity contribution < 1.29 is 14.4 Å². The lowest BCUT2D eigenvalue weighted by Gasteiger charge is -2.30. The molecular formula is C20H20N6O3S. The van der Waals surface area contributed by atoms with Crippen molar-refractivity contribution in [1.29, 1.82) is 0 Å². The van der Waals surface area contributed by atoms with E-state index in [9.17, 15) is 14.4 Å². The van der Waals surface area contributed by atoms with E-state index < -0.39 is 17.5 Å². The van der Waals surface area contributed by atoms with E-state index >= 15 is 0 Å². The van der Waals surface area contributed by atoms with Gasteiger partial charge in [0.15, 0.2) is 5.82 Å². The molecule has 0 unspecified atom stereocenters. The van der Waals surface area contributed by atoms with Crippen molar-refractivity contribution >= 4 is 40.2 Å². The summed E-state index contributed by atoms with van der Waals surface area (Å²) in [4.78, 5) is 47.1. The Hall–Kier alpha value is -3.27. The molecule has 2 N–H and O–H groups in total. The monoisotopic (exact) mass is 424 g/mol. The van der Waals surface area contributed by atoms with Crippen molar-refractivity contribution in [3.05, 3.63) is 35.2 Å². The van der Waals surface area contributed by atoms with Gasteiger partial charge < -0.3 is 9.88 Å². The van der Waals surface area contributed by atoms with E-state index in [4.69, 9.17) is 0 Å². The van der Waals surface area contributed by atoms with Crippen LogP contribution in [0.4, 0.5) is 4.79 Å². The molecule has 154 valence electrons. The Kier molecular flexibility index (Phi) is 4.50. The van der Waals surface area contributed by atoms with Gasteiger partial charge in [0.2, 0.25) is 0 Å². The summed E-state index contributed by atoms with van der Waals surface area (Å²) < 4.78 is 1.74. The zero-order valence-electron chi connectivity index (χ0n) is 16.1. The van der Waals surface area contributed by atoms with Gasteiger partial charge in [0.1, 0.15) is 17.8 Å². The van der Waals surface area contributed by atoms with Crippen LogP contribution in [0.2, 0.25) is 0 Å². The maximum absolute atomic E-state index is 12.9. The van der Waals surface area contributed by atoms with Crippen LogP contribution in [-0.4, -0.2) is 42.9 Å². The Bertz CT molecular complexity index is 1130. The lowest BCUT2D eigenvalue weighted by atomic mass is 9.82. The number of rotatable bonds is 4. The number of benzene rings is 1. The average Bonchev–Trinajstić information content (AvgIpc) is 3.44. The second-order valence-electron chi connectivity index (χ2n) is 7.63. The highest BCUT2D eigenvalue weighted by Crippen LogP contribution is 2.33. The molecule has 2 fully saturated rings. The third-order valence-electron chi connectivity index (χ3n) is 5.72. The molecule has 2 aromatic heterocycles. The molecule has 1 aliphatic heterocycles. The van der Waals surface area contributed by atoms with Crippen LogP contribution in [0.1, 0.15) is 32.1 Å². The zero-order chi connectivity index (χ0) is 20.7. The van der Waals surface area contributed by atoms with Crippen LogP contribution in [-0.2, 0) is 16.1 Å². The Morgan fingerprint density at radius 3 is 2.77 bits per heavy atom. The first kappa shape index (κ1) is 18.7. The summed E-state index contributed by atoms with van der Waals surface area (Å²) in [6, 6.07) is 6.90. The molecule has 1 saturated carbocycles. The van der Waals surface area contributed by atoms with E-state index in [0.29, 0.717) is 24.4 Å². The van der Waals surface area contributed by atoms with Gasteiger partial charge in [0, 0.05) is 5.38 Å².